The monoisotopic (exact) mass is 614 g/mol. The lowest BCUT2D eigenvalue weighted by Gasteiger charge is -2.35. The molecule has 0 unspecified atom stereocenters. The van der Waals surface area contributed by atoms with Crippen LogP contribution in [0.4, 0.5) is 0 Å². The number of carboxylic acids is 1. The topological polar surface area (TPSA) is 140 Å². The number of rotatable bonds is 10. The number of cyclic esters (lactones) is 1. The van der Waals surface area contributed by atoms with Gasteiger partial charge >= 0.3 is 11.9 Å². The fraction of sp³-hybridized carbons (Fsp3) is 0.441. The number of aryl methyl sites for hydroxylation is 1. The van der Waals surface area contributed by atoms with Crippen LogP contribution in [-0.2, 0) is 21.4 Å². The Morgan fingerprint density at radius 3 is 2.49 bits per heavy atom. The zero-order valence-electron chi connectivity index (χ0n) is 25.5. The van der Waals surface area contributed by atoms with Crippen molar-refractivity contribution in [3.63, 3.8) is 0 Å². The van der Waals surface area contributed by atoms with Gasteiger partial charge in [-0.3, -0.25) is 19.1 Å². The Morgan fingerprint density at radius 1 is 1.07 bits per heavy atom. The van der Waals surface area contributed by atoms with Gasteiger partial charge in [0.1, 0.15) is 24.2 Å². The standard InChI is InChI=1S/C34H38N4O7/c1-20(36-32(40)29-13-14-35-37(29)2)31(23-9-7-22(8-10-23)21-5-6-21)45-26-11-12-27(34(42)43)28(17-26)24-4-3-15-38(18-24)33(41)25-16-30(39)44-19-25/h7-14,17,20-21,24-25,31H,3-6,15-16,18-19H2,1-2H3,(H,36,40)(H,42,43)/t20-,24+,25+,31-/m0/s1. The molecule has 0 bridgehead atoms. The lowest BCUT2D eigenvalue weighted by Crippen LogP contribution is -2.42. The molecule has 3 aromatic rings. The molecule has 2 amide bonds. The fourth-order valence-electron chi connectivity index (χ4n) is 6.44. The van der Waals surface area contributed by atoms with Crippen LogP contribution in [0.3, 0.4) is 0 Å². The molecule has 0 spiro atoms. The second-order valence-corrected chi connectivity index (χ2v) is 12.3. The average molecular weight is 615 g/mol. The molecule has 2 N–H and O–H groups in total. The predicted molar refractivity (Wildman–Crippen MR) is 163 cm³/mol. The van der Waals surface area contributed by atoms with Gasteiger partial charge in [-0.15, -0.1) is 0 Å². The Labute approximate surface area is 261 Å². The number of likely N-dealkylation sites (tertiary alicyclic amines) is 1. The van der Waals surface area contributed by atoms with Gasteiger partial charge in [-0.1, -0.05) is 24.3 Å². The lowest BCUT2D eigenvalue weighted by molar-refractivity contribution is -0.138. The highest BCUT2D eigenvalue weighted by Gasteiger charge is 2.36. The molecule has 3 aliphatic rings. The van der Waals surface area contributed by atoms with Crippen molar-refractivity contribution in [3.8, 4) is 5.75 Å². The van der Waals surface area contributed by atoms with E-state index in [0.29, 0.717) is 48.9 Å². The van der Waals surface area contributed by atoms with Crippen molar-refractivity contribution in [3.05, 3.63) is 82.7 Å². The zero-order chi connectivity index (χ0) is 31.7. The summed E-state index contributed by atoms with van der Waals surface area (Å²) in [5.74, 6) is -1.52. The number of aromatic nitrogens is 2. The summed E-state index contributed by atoms with van der Waals surface area (Å²) in [5.41, 5.74) is 3.32. The summed E-state index contributed by atoms with van der Waals surface area (Å²) >= 11 is 0. The van der Waals surface area contributed by atoms with Crippen LogP contribution in [0.25, 0.3) is 0 Å². The van der Waals surface area contributed by atoms with E-state index in [2.05, 4.69) is 22.5 Å². The molecule has 236 valence electrons. The molecule has 4 atom stereocenters. The third-order valence-electron chi connectivity index (χ3n) is 9.08. The number of piperidine rings is 1. The minimum absolute atomic E-state index is 0.0715. The number of nitrogens with zero attached hydrogens (tertiary/aromatic N) is 3. The third-order valence-corrected chi connectivity index (χ3v) is 9.08. The summed E-state index contributed by atoms with van der Waals surface area (Å²) in [6, 6.07) is 14.4. The van der Waals surface area contributed by atoms with Gasteiger partial charge < -0.3 is 24.8 Å². The van der Waals surface area contributed by atoms with E-state index in [-0.39, 0.29) is 42.3 Å². The first-order chi connectivity index (χ1) is 21.7. The highest BCUT2D eigenvalue weighted by Crippen LogP contribution is 2.41. The van der Waals surface area contributed by atoms with E-state index in [9.17, 15) is 24.3 Å². The van der Waals surface area contributed by atoms with Gasteiger partial charge in [0.05, 0.1) is 23.9 Å². The van der Waals surface area contributed by atoms with Crippen molar-refractivity contribution in [1.29, 1.82) is 0 Å². The number of amides is 2. The molecule has 2 aliphatic heterocycles. The maximum absolute atomic E-state index is 13.2. The summed E-state index contributed by atoms with van der Waals surface area (Å²) in [4.78, 5) is 51.9. The first-order valence-corrected chi connectivity index (χ1v) is 15.5. The van der Waals surface area contributed by atoms with E-state index in [0.717, 1.165) is 5.56 Å². The molecule has 45 heavy (non-hydrogen) atoms. The first kappa shape index (κ1) is 30.4. The minimum Gasteiger partial charge on any atom is -0.484 e. The number of hydrogen-bond acceptors (Lipinski definition) is 7. The van der Waals surface area contributed by atoms with E-state index in [1.54, 1.807) is 42.4 Å². The van der Waals surface area contributed by atoms with Crippen molar-refractivity contribution in [2.24, 2.45) is 13.0 Å². The van der Waals surface area contributed by atoms with Crippen molar-refractivity contribution >= 4 is 23.8 Å². The first-order valence-electron chi connectivity index (χ1n) is 15.5. The Balaban J connectivity index is 1.26. The molecule has 11 nitrogen and oxygen atoms in total. The number of hydrogen-bond donors (Lipinski definition) is 2. The second-order valence-electron chi connectivity index (χ2n) is 12.3. The molecule has 11 heteroatoms. The fourth-order valence-corrected chi connectivity index (χ4v) is 6.44. The second kappa shape index (κ2) is 12.7. The number of carboxylic acid groups (broad SMARTS) is 1. The van der Waals surface area contributed by atoms with Crippen LogP contribution in [0.1, 0.15) is 94.5 Å². The third kappa shape index (κ3) is 6.72. The van der Waals surface area contributed by atoms with Crippen LogP contribution in [-0.4, -0.2) is 69.3 Å². The summed E-state index contributed by atoms with van der Waals surface area (Å²) in [5, 5.41) is 17.2. The molecular formula is C34H38N4O7. The number of esters is 1. The van der Waals surface area contributed by atoms with Crippen molar-refractivity contribution in [1.82, 2.24) is 20.0 Å². The van der Waals surface area contributed by atoms with Crippen molar-refractivity contribution in [2.45, 2.75) is 63.0 Å². The SMILES string of the molecule is C[C@H](NC(=O)c1ccnn1C)[C@H](Oc1ccc(C(=O)O)c([C@@H]2CCCN(C(=O)[C@H]3COC(=O)C3)C2)c1)c1ccc(C2CC2)cc1. The largest absolute Gasteiger partial charge is 0.484 e. The van der Waals surface area contributed by atoms with Crippen LogP contribution in [0.5, 0.6) is 5.75 Å². The summed E-state index contributed by atoms with van der Waals surface area (Å²) in [7, 11) is 1.71. The molecule has 1 aromatic heterocycles. The van der Waals surface area contributed by atoms with Gasteiger partial charge in [0, 0.05) is 32.3 Å². The smallest absolute Gasteiger partial charge is 0.335 e. The summed E-state index contributed by atoms with van der Waals surface area (Å²) in [6.07, 6.45) is 4.84. The Bertz CT molecular complexity index is 1600. The summed E-state index contributed by atoms with van der Waals surface area (Å²) < 4.78 is 13.1. The van der Waals surface area contributed by atoms with Crippen LogP contribution in [0.15, 0.2) is 54.7 Å². The van der Waals surface area contributed by atoms with Gasteiger partial charge in [0.2, 0.25) is 5.91 Å². The number of nitrogens with one attached hydrogen (secondary N) is 1. The highest BCUT2D eigenvalue weighted by atomic mass is 16.5. The van der Waals surface area contributed by atoms with E-state index in [1.807, 2.05) is 19.1 Å². The molecule has 1 aliphatic carbocycles. The Hall–Kier alpha value is -4.67. The number of carbonyl (C=O) groups is 4. The van der Waals surface area contributed by atoms with Gasteiger partial charge in [0.15, 0.2) is 0 Å². The van der Waals surface area contributed by atoms with Crippen LogP contribution in [0, 0.1) is 5.92 Å². The molecule has 3 heterocycles. The highest BCUT2D eigenvalue weighted by molar-refractivity contribution is 5.92. The van der Waals surface area contributed by atoms with E-state index in [1.165, 1.54) is 23.1 Å². The Morgan fingerprint density at radius 2 is 1.84 bits per heavy atom. The zero-order valence-corrected chi connectivity index (χ0v) is 25.5. The van der Waals surface area contributed by atoms with Gasteiger partial charge in [0.25, 0.3) is 5.91 Å². The maximum atomic E-state index is 13.2. The van der Waals surface area contributed by atoms with E-state index < -0.39 is 24.0 Å². The molecule has 2 aromatic carbocycles. The number of ether oxygens (including phenoxy) is 2. The molecule has 3 fully saturated rings. The summed E-state index contributed by atoms with van der Waals surface area (Å²) in [6.45, 7) is 2.85. The number of benzene rings is 2. The quantitative estimate of drug-likeness (QED) is 0.324. The predicted octanol–water partition coefficient (Wildman–Crippen LogP) is 4.20. The van der Waals surface area contributed by atoms with Gasteiger partial charge in [-0.2, -0.15) is 5.10 Å². The molecule has 1 saturated carbocycles. The lowest BCUT2D eigenvalue weighted by atomic mass is 9.86. The number of carbonyl (C=O) groups excluding carboxylic acids is 3. The van der Waals surface area contributed by atoms with Crippen molar-refractivity contribution < 1.29 is 33.8 Å². The van der Waals surface area contributed by atoms with Gasteiger partial charge in [-0.25, -0.2) is 4.79 Å². The number of aromatic carboxylic acids is 1. The van der Waals surface area contributed by atoms with E-state index in [4.69, 9.17) is 9.47 Å². The van der Waals surface area contributed by atoms with Crippen LogP contribution >= 0.6 is 0 Å². The molecular weight excluding hydrogens is 576 g/mol. The minimum atomic E-state index is -1.06. The molecule has 6 rings (SSSR count). The normalized spacial score (nSPS) is 21.1. The maximum Gasteiger partial charge on any atom is 0.335 e. The Kier molecular flexibility index (Phi) is 8.60. The van der Waals surface area contributed by atoms with Crippen LogP contribution in [0.2, 0.25) is 0 Å². The van der Waals surface area contributed by atoms with Crippen LogP contribution < -0.4 is 10.1 Å². The van der Waals surface area contributed by atoms with Gasteiger partial charge in [-0.05, 0) is 79.5 Å². The molecule has 2 saturated heterocycles. The van der Waals surface area contributed by atoms with Crippen molar-refractivity contribution in [2.75, 3.05) is 19.7 Å². The van der Waals surface area contributed by atoms with E-state index >= 15 is 0 Å². The average Bonchev–Trinajstić information content (AvgIpc) is 3.66. The molecule has 0 radical (unpaired) electrons.